The molecule has 0 aliphatic carbocycles. The van der Waals surface area contributed by atoms with Gasteiger partial charge in [-0.3, -0.25) is 0 Å². The fourth-order valence-corrected chi connectivity index (χ4v) is 5.07. The molecule has 5 nitrogen and oxygen atoms in total. The van der Waals surface area contributed by atoms with Crippen molar-refractivity contribution in [1.82, 2.24) is 9.71 Å². The molecule has 2 heterocycles. The van der Waals surface area contributed by atoms with Gasteiger partial charge in [-0.2, -0.15) is 0 Å². The van der Waals surface area contributed by atoms with Gasteiger partial charge in [0.2, 0.25) is 10.0 Å². The van der Waals surface area contributed by atoms with E-state index in [1.54, 1.807) is 11.3 Å². The molecule has 3 rings (SSSR count). The standard InChI is InChI=1S/C16H15FN2O3S3/c1-22-13-5-4-11(17)9-15(13)25(20,21)18-7-6-12-10-24-16(19-12)14-3-2-8-23-14/h2-5,8-10,18H,6-7H2,1H3. The molecule has 2 aromatic heterocycles. The number of thiazole rings is 1. The lowest BCUT2D eigenvalue weighted by molar-refractivity contribution is 0.400. The van der Waals surface area contributed by atoms with E-state index in [2.05, 4.69) is 9.71 Å². The lowest BCUT2D eigenvalue weighted by atomic mass is 10.3. The first-order valence-corrected chi connectivity index (χ1v) is 10.6. The van der Waals surface area contributed by atoms with Gasteiger partial charge in [0.05, 0.1) is 17.7 Å². The summed E-state index contributed by atoms with van der Waals surface area (Å²) in [5.41, 5.74) is 0.808. The minimum atomic E-state index is -3.87. The Bertz CT molecular complexity index is 953. The molecule has 0 bridgehead atoms. The van der Waals surface area contributed by atoms with Crippen molar-refractivity contribution < 1.29 is 17.5 Å². The molecule has 132 valence electrons. The molecule has 9 heteroatoms. The van der Waals surface area contributed by atoms with Crippen LogP contribution in [-0.4, -0.2) is 27.1 Å². The third kappa shape index (κ3) is 4.24. The van der Waals surface area contributed by atoms with Crippen molar-refractivity contribution in [3.05, 3.63) is 52.6 Å². The van der Waals surface area contributed by atoms with Gasteiger partial charge in [-0.1, -0.05) is 6.07 Å². The zero-order chi connectivity index (χ0) is 17.9. The van der Waals surface area contributed by atoms with Crippen molar-refractivity contribution in [2.75, 3.05) is 13.7 Å². The number of ether oxygens (including phenoxy) is 1. The lowest BCUT2D eigenvalue weighted by Crippen LogP contribution is -2.26. The van der Waals surface area contributed by atoms with Gasteiger partial charge in [0, 0.05) is 18.3 Å². The molecule has 1 N–H and O–H groups in total. The minimum Gasteiger partial charge on any atom is -0.495 e. The number of nitrogens with one attached hydrogen (secondary N) is 1. The molecular formula is C16H15FN2O3S3. The number of aromatic nitrogens is 1. The van der Waals surface area contributed by atoms with Crippen molar-refractivity contribution in [3.63, 3.8) is 0 Å². The Hall–Kier alpha value is -1.81. The summed E-state index contributed by atoms with van der Waals surface area (Å²) in [4.78, 5) is 5.37. The maximum absolute atomic E-state index is 13.4. The van der Waals surface area contributed by atoms with Crippen molar-refractivity contribution in [2.45, 2.75) is 11.3 Å². The molecule has 0 saturated carbocycles. The van der Waals surface area contributed by atoms with Crippen molar-refractivity contribution in [1.29, 1.82) is 0 Å². The van der Waals surface area contributed by atoms with Crippen molar-refractivity contribution >= 4 is 32.7 Å². The summed E-state index contributed by atoms with van der Waals surface area (Å²) >= 11 is 3.13. The van der Waals surface area contributed by atoms with Crippen LogP contribution in [0.1, 0.15) is 5.69 Å². The molecule has 0 unspecified atom stereocenters. The van der Waals surface area contributed by atoms with Gasteiger partial charge in [0.1, 0.15) is 21.5 Å². The second-order valence-electron chi connectivity index (χ2n) is 5.06. The van der Waals surface area contributed by atoms with Crippen LogP contribution >= 0.6 is 22.7 Å². The van der Waals surface area contributed by atoms with E-state index >= 15 is 0 Å². The Labute approximate surface area is 153 Å². The van der Waals surface area contributed by atoms with Crippen LogP contribution in [0, 0.1) is 5.82 Å². The van der Waals surface area contributed by atoms with Gasteiger partial charge >= 0.3 is 0 Å². The normalized spacial score (nSPS) is 11.6. The third-order valence-corrected chi connectivity index (χ3v) is 6.78. The summed E-state index contributed by atoms with van der Waals surface area (Å²) in [6.07, 6.45) is 0.443. The average molecular weight is 399 g/mol. The van der Waals surface area contributed by atoms with Crippen LogP contribution in [0.2, 0.25) is 0 Å². The summed E-state index contributed by atoms with van der Waals surface area (Å²) in [5, 5.41) is 4.81. The average Bonchev–Trinajstić information content (AvgIpc) is 3.26. The van der Waals surface area contributed by atoms with Crippen LogP contribution in [0.5, 0.6) is 5.75 Å². The number of rotatable bonds is 7. The minimum absolute atomic E-state index is 0.0996. The predicted molar refractivity (Wildman–Crippen MR) is 97.3 cm³/mol. The lowest BCUT2D eigenvalue weighted by Gasteiger charge is -2.10. The van der Waals surface area contributed by atoms with Crippen molar-refractivity contribution in [3.8, 4) is 15.6 Å². The summed E-state index contributed by atoms with van der Waals surface area (Å²) in [7, 11) is -2.53. The Balaban J connectivity index is 1.66. The van der Waals surface area contributed by atoms with Gasteiger partial charge in [0.25, 0.3) is 0 Å². The number of sulfonamides is 1. The number of hydrogen-bond acceptors (Lipinski definition) is 6. The summed E-state index contributed by atoms with van der Waals surface area (Å²) in [5.74, 6) is -0.538. The highest BCUT2D eigenvalue weighted by Crippen LogP contribution is 2.28. The van der Waals surface area contributed by atoms with Gasteiger partial charge in [-0.25, -0.2) is 22.5 Å². The molecule has 0 spiro atoms. The molecule has 0 amide bonds. The molecular weight excluding hydrogens is 383 g/mol. The first kappa shape index (κ1) is 18.0. The molecule has 0 fully saturated rings. The molecule has 0 radical (unpaired) electrons. The zero-order valence-corrected chi connectivity index (χ0v) is 15.7. The smallest absolute Gasteiger partial charge is 0.244 e. The highest BCUT2D eigenvalue weighted by Gasteiger charge is 2.20. The molecule has 25 heavy (non-hydrogen) atoms. The Morgan fingerprint density at radius 1 is 1.28 bits per heavy atom. The monoisotopic (exact) mass is 398 g/mol. The Morgan fingerprint density at radius 3 is 2.84 bits per heavy atom. The molecule has 0 aliphatic rings. The van der Waals surface area contributed by atoms with Crippen LogP contribution in [0.15, 0.2) is 46.0 Å². The summed E-state index contributed by atoms with van der Waals surface area (Å²) < 4.78 is 45.6. The molecule has 1 aromatic carbocycles. The summed E-state index contributed by atoms with van der Waals surface area (Å²) in [6, 6.07) is 7.34. The van der Waals surface area contributed by atoms with Gasteiger partial charge < -0.3 is 4.74 Å². The van der Waals surface area contributed by atoms with E-state index in [-0.39, 0.29) is 17.2 Å². The highest BCUT2D eigenvalue weighted by molar-refractivity contribution is 7.89. The number of benzene rings is 1. The fourth-order valence-electron chi connectivity index (χ4n) is 2.19. The third-order valence-electron chi connectivity index (χ3n) is 3.37. The van der Waals surface area contributed by atoms with Crippen LogP contribution in [0.25, 0.3) is 9.88 Å². The predicted octanol–water partition coefficient (Wildman–Crippen LogP) is 3.54. The Kier molecular flexibility index (Phi) is 5.48. The first-order chi connectivity index (χ1) is 12.0. The second-order valence-corrected chi connectivity index (χ2v) is 8.61. The van der Waals surface area contributed by atoms with E-state index in [0.717, 1.165) is 27.7 Å². The van der Waals surface area contributed by atoms with E-state index < -0.39 is 15.8 Å². The maximum atomic E-state index is 13.4. The van der Waals surface area contributed by atoms with Crippen molar-refractivity contribution in [2.24, 2.45) is 0 Å². The van der Waals surface area contributed by atoms with E-state index in [1.165, 1.54) is 24.5 Å². The van der Waals surface area contributed by atoms with E-state index in [1.807, 2.05) is 22.9 Å². The second kappa shape index (κ2) is 7.61. The number of thiophene rings is 1. The maximum Gasteiger partial charge on any atom is 0.244 e. The molecule has 3 aromatic rings. The number of halogens is 1. The summed E-state index contributed by atoms with van der Waals surface area (Å²) in [6.45, 7) is 0.162. The number of methoxy groups -OCH3 is 1. The van der Waals surface area contributed by atoms with Crippen LogP contribution in [0.4, 0.5) is 4.39 Å². The van der Waals surface area contributed by atoms with E-state index in [9.17, 15) is 12.8 Å². The van der Waals surface area contributed by atoms with Crippen LogP contribution in [-0.2, 0) is 16.4 Å². The quantitative estimate of drug-likeness (QED) is 0.661. The fraction of sp³-hybridized carbons (Fsp3) is 0.188. The van der Waals surface area contributed by atoms with E-state index in [0.29, 0.717) is 6.42 Å². The van der Waals surface area contributed by atoms with Gasteiger partial charge in [-0.05, 0) is 29.6 Å². The van der Waals surface area contributed by atoms with Gasteiger partial charge in [0.15, 0.2) is 0 Å². The van der Waals surface area contributed by atoms with Crippen LogP contribution < -0.4 is 9.46 Å². The SMILES string of the molecule is COc1ccc(F)cc1S(=O)(=O)NCCc1csc(-c2cccs2)n1. The van der Waals surface area contributed by atoms with E-state index in [4.69, 9.17) is 4.74 Å². The molecule has 0 saturated heterocycles. The first-order valence-electron chi connectivity index (χ1n) is 7.31. The highest BCUT2D eigenvalue weighted by atomic mass is 32.2. The topological polar surface area (TPSA) is 68.3 Å². The van der Waals surface area contributed by atoms with Crippen LogP contribution in [0.3, 0.4) is 0 Å². The van der Waals surface area contributed by atoms with Gasteiger partial charge in [-0.15, -0.1) is 22.7 Å². The molecule has 0 aliphatic heterocycles. The largest absolute Gasteiger partial charge is 0.495 e. The molecule has 0 atom stereocenters. The zero-order valence-electron chi connectivity index (χ0n) is 13.2. The number of nitrogens with zero attached hydrogens (tertiary/aromatic N) is 1. The Morgan fingerprint density at radius 2 is 2.12 bits per heavy atom. The number of hydrogen-bond donors (Lipinski definition) is 1.